The van der Waals surface area contributed by atoms with E-state index in [4.69, 9.17) is 16.3 Å². The van der Waals surface area contributed by atoms with Crippen LogP contribution in [0.15, 0.2) is 71.1 Å². The average Bonchev–Trinajstić information content (AvgIpc) is 2.60. The van der Waals surface area contributed by atoms with Crippen molar-refractivity contribution in [3.63, 3.8) is 0 Å². The molecule has 0 radical (unpaired) electrons. The van der Waals surface area contributed by atoms with E-state index in [2.05, 4.69) is 11.3 Å². The molecule has 26 heavy (non-hydrogen) atoms. The quantitative estimate of drug-likeness (QED) is 0.695. The molecule has 0 aliphatic rings. The van der Waals surface area contributed by atoms with Gasteiger partial charge in [-0.15, -0.1) is 0 Å². The predicted molar refractivity (Wildman–Crippen MR) is 96.6 cm³/mol. The molecule has 2 aromatic rings. The smallest absolute Gasteiger partial charge is 0.324 e. The van der Waals surface area contributed by atoms with Crippen molar-refractivity contribution >= 4 is 27.6 Å². The van der Waals surface area contributed by atoms with Crippen LogP contribution in [0.4, 0.5) is 4.39 Å². The van der Waals surface area contributed by atoms with E-state index in [1.165, 1.54) is 12.1 Å². The van der Waals surface area contributed by atoms with Crippen molar-refractivity contribution in [1.29, 1.82) is 0 Å². The Morgan fingerprint density at radius 3 is 2.38 bits per heavy atom. The van der Waals surface area contributed by atoms with E-state index in [0.29, 0.717) is 5.56 Å². The Kier molecular flexibility index (Phi) is 6.90. The Morgan fingerprint density at radius 2 is 1.77 bits per heavy atom. The molecular weight excluding hydrogens is 381 g/mol. The molecule has 2 rings (SSSR count). The maximum atomic E-state index is 13.9. The van der Waals surface area contributed by atoms with Crippen LogP contribution in [0.1, 0.15) is 5.56 Å². The Bertz CT molecular complexity index is 887. The van der Waals surface area contributed by atoms with E-state index >= 15 is 0 Å². The first-order valence-corrected chi connectivity index (χ1v) is 9.46. The zero-order valence-electron chi connectivity index (χ0n) is 13.7. The first kappa shape index (κ1) is 20.1. The van der Waals surface area contributed by atoms with Crippen molar-refractivity contribution in [3.8, 4) is 0 Å². The molecule has 0 saturated carbocycles. The van der Waals surface area contributed by atoms with Gasteiger partial charge >= 0.3 is 5.97 Å². The number of carbonyl (C=O) groups is 1. The number of carbonyl (C=O) groups excluding carboxylic acids is 1. The molecule has 0 aliphatic heterocycles. The molecule has 1 N–H and O–H groups in total. The van der Waals surface area contributed by atoms with Crippen molar-refractivity contribution in [1.82, 2.24) is 4.72 Å². The monoisotopic (exact) mass is 397 g/mol. The van der Waals surface area contributed by atoms with Crippen molar-refractivity contribution in [2.75, 3.05) is 6.61 Å². The first-order valence-electron chi connectivity index (χ1n) is 7.60. The summed E-state index contributed by atoms with van der Waals surface area (Å²) in [6.45, 7) is 3.15. The van der Waals surface area contributed by atoms with Gasteiger partial charge in [0.1, 0.15) is 23.4 Å². The minimum Gasteiger partial charge on any atom is -0.459 e. The van der Waals surface area contributed by atoms with Crippen LogP contribution in [-0.4, -0.2) is 27.0 Å². The van der Waals surface area contributed by atoms with Crippen LogP contribution in [0.5, 0.6) is 0 Å². The standard InChI is InChI=1S/C18H17ClFNO4S/c1-13(19)12-25-18(22)16(11-14-7-3-2-4-8-14)21-26(23,24)17-10-6-5-9-15(17)20/h2-10,16,21H,1,11-12H2/t16-/m0/s1. The van der Waals surface area contributed by atoms with E-state index in [1.807, 2.05) is 0 Å². The van der Waals surface area contributed by atoms with Gasteiger partial charge in [0, 0.05) is 5.03 Å². The zero-order chi connectivity index (χ0) is 19.2. The zero-order valence-corrected chi connectivity index (χ0v) is 15.3. The highest BCUT2D eigenvalue weighted by atomic mass is 35.5. The summed E-state index contributed by atoms with van der Waals surface area (Å²) in [6, 6.07) is 12.4. The Labute approximate surface area is 156 Å². The van der Waals surface area contributed by atoms with Gasteiger partial charge in [0.2, 0.25) is 10.0 Å². The molecule has 0 fully saturated rings. The molecule has 0 spiro atoms. The number of halogens is 2. The number of hydrogen-bond donors (Lipinski definition) is 1. The second-order valence-electron chi connectivity index (χ2n) is 5.42. The summed E-state index contributed by atoms with van der Waals surface area (Å²) in [7, 11) is -4.28. The molecule has 0 unspecified atom stereocenters. The van der Waals surface area contributed by atoms with Gasteiger partial charge in [0.25, 0.3) is 0 Å². The van der Waals surface area contributed by atoms with Crippen LogP contribution < -0.4 is 4.72 Å². The van der Waals surface area contributed by atoms with Crippen LogP contribution >= 0.6 is 11.6 Å². The first-order chi connectivity index (χ1) is 12.3. The third-order valence-electron chi connectivity index (χ3n) is 3.36. The maximum Gasteiger partial charge on any atom is 0.324 e. The van der Waals surface area contributed by atoms with E-state index in [9.17, 15) is 17.6 Å². The van der Waals surface area contributed by atoms with Crippen molar-refractivity contribution in [2.24, 2.45) is 0 Å². The van der Waals surface area contributed by atoms with Crippen LogP contribution in [0.3, 0.4) is 0 Å². The fraction of sp³-hybridized carbons (Fsp3) is 0.167. The summed E-state index contributed by atoms with van der Waals surface area (Å²) >= 11 is 5.58. The maximum absolute atomic E-state index is 13.9. The minimum atomic E-state index is -4.28. The summed E-state index contributed by atoms with van der Waals surface area (Å²) in [4.78, 5) is 11.8. The third kappa shape index (κ3) is 5.66. The van der Waals surface area contributed by atoms with E-state index in [0.717, 1.165) is 12.1 Å². The highest BCUT2D eigenvalue weighted by molar-refractivity contribution is 7.89. The number of ether oxygens (including phenoxy) is 1. The number of nitrogens with one attached hydrogen (secondary N) is 1. The second kappa shape index (κ2) is 8.93. The Hall–Kier alpha value is -2.22. The van der Waals surface area contributed by atoms with Crippen LogP contribution in [0.25, 0.3) is 0 Å². The summed E-state index contributed by atoms with van der Waals surface area (Å²) in [5.74, 6) is -1.75. The van der Waals surface area contributed by atoms with Gasteiger partial charge in [-0.3, -0.25) is 4.79 Å². The highest BCUT2D eigenvalue weighted by Gasteiger charge is 2.29. The van der Waals surface area contributed by atoms with Crippen molar-refractivity contribution in [2.45, 2.75) is 17.4 Å². The molecular formula is C18H17ClFNO4S. The van der Waals surface area contributed by atoms with Crippen LogP contribution in [0.2, 0.25) is 0 Å². The molecule has 8 heteroatoms. The van der Waals surface area contributed by atoms with Crippen molar-refractivity contribution in [3.05, 3.63) is 77.6 Å². The predicted octanol–water partition coefficient (Wildman–Crippen LogP) is 3.01. The number of hydrogen-bond acceptors (Lipinski definition) is 4. The molecule has 2 aromatic carbocycles. The number of sulfonamides is 1. The van der Waals surface area contributed by atoms with Gasteiger partial charge in [-0.2, -0.15) is 4.72 Å². The summed E-state index contributed by atoms with van der Waals surface area (Å²) < 4.78 is 46.0. The summed E-state index contributed by atoms with van der Waals surface area (Å²) in [6.07, 6.45) is 0.0299. The molecule has 0 heterocycles. The van der Waals surface area contributed by atoms with E-state index in [-0.39, 0.29) is 18.1 Å². The lowest BCUT2D eigenvalue weighted by Crippen LogP contribution is -2.43. The lowest BCUT2D eigenvalue weighted by atomic mass is 10.1. The number of benzene rings is 2. The van der Waals surface area contributed by atoms with Gasteiger partial charge < -0.3 is 4.74 Å². The average molecular weight is 398 g/mol. The molecule has 138 valence electrons. The van der Waals surface area contributed by atoms with E-state index < -0.39 is 32.7 Å². The summed E-state index contributed by atoms with van der Waals surface area (Å²) in [5.41, 5.74) is 0.704. The fourth-order valence-corrected chi connectivity index (χ4v) is 3.50. The molecule has 0 amide bonds. The normalized spacial score (nSPS) is 12.4. The summed E-state index contributed by atoms with van der Waals surface area (Å²) in [5, 5.41) is 0.0915. The van der Waals surface area contributed by atoms with Crippen LogP contribution in [-0.2, 0) is 26.0 Å². The van der Waals surface area contributed by atoms with Gasteiger partial charge in [-0.25, -0.2) is 12.8 Å². The third-order valence-corrected chi connectivity index (χ3v) is 4.98. The highest BCUT2D eigenvalue weighted by Crippen LogP contribution is 2.15. The minimum absolute atomic E-state index is 0.0299. The Balaban J connectivity index is 2.26. The van der Waals surface area contributed by atoms with Crippen molar-refractivity contribution < 1.29 is 22.3 Å². The topological polar surface area (TPSA) is 72.5 Å². The largest absolute Gasteiger partial charge is 0.459 e. The van der Waals surface area contributed by atoms with Gasteiger partial charge in [0.15, 0.2) is 0 Å². The number of esters is 1. The molecule has 0 saturated heterocycles. The number of rotatable bonds is 8. The molecule has 0 bridgehead atoms. The van der Waals surface area contributed by atoms with Gasteiger partial charge in [-0.1, -0.05) is 60.6 Å². The van der Waals surface area contributed by atoms with Crippen LogP contribution in [0, 0.1) is 5.82 Å². The fourth-order valence-electron chi connectivity index (χ4n) is 2.19. The molecule has 0 aromatic heterocycles. The SMILES string of the molecule is C=C(Cl)COC(=O)[C@H](Cc1ccccc1)NS(=O)(=O)c1ccccc1F. The molecule has 1 atom stereocenters. The second-order valence-corrected chi connectivity index (χ2v) is 7.64. The lowest BCUT2D eigenvalue weighted by Gasteiger charge is -2.18. The molecule has 5 nitrogen and oxygen atoms in total. The lowest BCUT2D eigenvalue weighted by molar-refractivity contribution is -0.144. The van der Waals surface area contributed by atoms with Gasteiger partial charge in [0.05, 0.1) is 0 Å². The van der Waals surface area contributed by atoms with Gasteiger partial charge in [-0.05, 0) is 24.1 Å². The molecule has 0 aliphatic carbocycles. The van der Waals surface area contributed by atoms with E-state index in [1.54, 1.807) is 30.3 Å². The Morgan fingerprint density at radius 1 is 1.15 bits per heavy atom.